The molecule has 1 aromatic carbocycles. The van der Waals surface area contributed by atoms with Crippen LogP contribution in [0, 0.1) is 11.6 Å². The van der Waals surface area contributed by atoms with Gasteiger partial charge < -0.3 is 9.84 Å². The number of aromatic nitrogens is 2. The fourth-order valence-corrected chi connectivity index (χ4v) is 2.31. The van der Waals surface area contributed by atoms with Crippen molar-refractivity contribution in [3.63, 3.8) is 0 Å². The Bertz CT molecular complexity index is 648. The van der Waals surface area contributed by atoms with E-state index in [2.05, 4.69) is 16.9 Å². The molecule has 0 amide bonds. The second-order valence-corrected chi connectivity index (χ2v) is 5.62. The second-order valence-electron chi connectivity index (χ2n) is 5.62. The number of aromatic hydroxyl groups is 1. The van der Waals surface area contributed by atoms with E-state index in [4.69, 9.17) is 9.84 Å². The molecule has 0 aliphatic carbocycles. The van der Waals surface area contributed by atoms with E-state index >= 15 is 0 Å². The number of hydrogen-bond acceptors (Lipinski definition) is 4. The van der Waals surface area contributed by atoms with Crippen molar-refractivity contribution in [3.05, 3.63) is 36.2 Å². The molecule has 4 nitrogen and oxygen atoms in total. The number of phenolic OH excluding ortho intramolecular Hbond substituents is 1. The van der Waals surface area contributed by atoms with Gasteiger partial charge in [0.2, 0.25) is 5.82 Å². The van der Waals surface area contributed by atoms with Crippen LogP contribution in [-0.2, 0) is 0 Å². The van der Waals surface area contributed by atoms with Crippen molar-refractivity contribution in [3.8, 4) is 22.9 Å². The summed E-state index contributed by atoms with van der Waals surface area (Å²) in [7, 11) is 0. The molecule has 1 heterocycles. The summed E-state index contributed by atoms with van der Waals surface area (Å²) in [6.07, 6.45) is 9.91. The van der Waals surface area contributed by atoms with E-state index in [-0.39, 0.29) is 11.4 Å². The van der Waals surface area contributed by atoms with Gasteiger partial charge in [0.15, 0.2) is 23.1 Å². The minimum absolute atomic E-state index is 0.0401. The number of hydrogen-bond donors (Lipinski definition) is 1. The highest BCUT2D eigenvalue weighted by atomic mass is 19.2. The van der Waals surface area contributed by atoms with Gasteiger partial charge in [0.1, 0.15) is 0 Å². The third-order valence-electron chi connectivity index (χ3n) is 3.70. The third-order valence-corrected chi connectivity index (χ3v) is 3.70. The molecule has 0 fully saturated rings. The van der Waals surface area contributed by atoms with Crippen molar-refractivity contribution < 1.29 is 18.6 Å². The van der Waals surface area contributed by atoms with Crippen LogP contribution < -0.4 is 4.74 Å². The molecule has 24 heavy (non-hydrogen) atoms. The first-order valence-corrected chi connectivity index (χ1v) is 8.25. The van der Waals surface area contributed by atoms with Crippen molar-refractivity contribution in [1.82, 2.24) is 9.97 Å². The Morgan fingerprint density at radius 2 is 1.62 bits per heavy atom. The van der Waals surface area contributed by atoms with Gasteiger partial charge in [0, 0.05) is 0 Å². The van der Waals surface area contributed by atoms with Gasteiger partial charge in [-0.3, -0.25) is 0 Å². The predicted molar refractivity (Wildman–Crippen MR) is 87.9 cm³/mol. The lowest BCUT2D eigenvalue weighted by Crippen LogP contribution is -2.00. The zero-order valence-corrected chi connectivity index (χ0v) is 13.8. The van der Waals surface area contributed by atoms with E-state index in [0.717, 1.165) is 18.9 Å². The van der Waals surface area contributed by atoms with E-state index < -0.39 is 17.4 Å². The Labute approximate surface area is 140 Å². The summed E-state index contributed by atoms with van der Waals surface area (Å²) in [5, 5.41) is 9.13. The van der Waals surface area contributed by atoms with Gasteiger partial charge in [-0.1, -0.05) is 39.0 Å². The second kappa shape index (κ2) is 9.15. The Morgan fingerprint density at radius 3 is 2.33 bits per heavy atom. The smallest absolute Gasteiger partial charge is 0.201 e. The van der Waals surface area contributed by atoms with Crippen molar-refractivity contribution in [1.29, 1.82) is 0 Å². The largest absolute Gasteiger partial charge is 0.505 e. The Balaban J connectivity index is 1.86. The standard InChI is InChI=1S/C18H22F2N2O2/c1-2-3-4-5-6-7-10-24-13-11-21-18(22-12-13)14-8-9-15(23)17(20)16(14)19/h8-9,11-12,23H,2-7,10H2,1H3. The van der Waals surface area contributed by atoms with Crippen LogP contribution in [0.5, 0.6) is 11.5 Å². The van der Waals surface area contributed by atoms with Gasteiger partial charge in [-0.2, -0.15) is 4.39 Å². The number of phenols is 1. The highest BCUT2D eigenvalue weighted by Gasteiger charge is 2.16. The van der Waals surface area contributed by atoms with E-state index in [0.29, 0.717) is 12.4 Å². The van der Waals surface area contributed by atoms with Crippen molar-refractivity contribution in [2.45, 2.75) is 45.4 Å². The highest BCUT2D eigenvalue weighted by molar-refractivity contribution is 5.57. The lowest BCUT2D eigenvalue weighted by atomic mass is 10.1. The molecule has 0 aliphatic heterocycles. The van der Waals surface area contributed by atoms with Crippen LogP contribution in [0.25, 0.3) is 11.4 Å². The van der Waals surface area contributed by atoms with Gasteiger partial charge in [-0.05, 0) is 18.6 Å². The van der Waals surface area contributed by atoms with Crippen LogP contribution in [0.4, 0.5) is 8.78 Å². The van der Waals surface area contributed by atoms with Crippen LogP contribution >= 0.6 is 0 Å². The summed E-state index contributed by atoms with van der Waals surface area (Å²) in [6, 6.07) is 2.31. The molecule has 0 saturated heterocycles. The number of nitrogens with zero attached hydrogens (tertiary/aromatic N) is 2. The number of unbranched alkanes of at least 4 members (excludes halogenated alkanes) is 5. The van der Waals surface area contributed by atoms with Gasteiger partial charge in [0.25, 0.3) is 0 Å². The van der Waals surface area contributed by atoms with Crippen LogP contribution in [0.2, 0.25) is 0 Å². The minimum atomic E-state index is -1.31. The topological polar surface area (TPSA) is 55.2 Å². The van der Waals surface area contributed by atoms with Crippen LogP contribution in [0.3, 0.4) is 0 Å². The molecule has 2 aromatic rings. The molecule has 0 spiro atoms. The molecular weight excluding hydrogens is 314 g/mol. The molecule has 6 heteroatoms. The zero-order chi connectivity index (χ0) is 17.4. The molecule has 2 rings (SSSR count). The fraction of sp³-hybridized carbons (Fsp3) is 0.444. The van der Waals surface area contributed by atoms with Gasteiger partial charge >= 0.3 is 0 Å². The SMILES string of the molecule is CCCCCCCCOc1cnc(-c2ccc(O)c(F)c2F)nc1. The van der Waals surface area contributed by atoms with Crippen LogP contribution in [0.15, 0.2) is 24.5 Å². The first-order valence-electron chi connectivity index (χ1n) is 8.25. The van der Waals surface area contributed by atoms with Gasteiger partial charge in [0.05, 0.1) is 24.6 Å². The molecule has 0 aliphatic rings. The number of rotatable bonds is 9. The maximum absolute atomic E-state index is 13.8. The average molecular weight is 336 g/mol. The molecule has 0 saturated carbocycles. The van der Waals surface area contributed by atoms with Gasteiger partial charge in [-0.25, -0.2) is 14.4 Å². The zero-order valence-electron chi connectivity index (χ0n) is 13.8. The highest BCUT2D eigenvalue weighted by Crippen LogP contribution is 2.27. The number of benzene rings is 1. The lowest BCUT2D eigenvalue weighted by Gasteiger charge is -2.07. The Hall–Kier alpha value is -2.24. The molecule has 1 aromatic heterocycles. The fourth-order valence-electron chi connectivity index (χ4n) is 2.31. The lowest BCUT2D eigenvalue weighted by molar-refractivity contribution is 0.302. The maximum Gasteiger partial charge on any atom is 0.201 e. The van der Waals surface area contributed by atoms with E-state index in [9.17, 15) is 8.78 Å². The summed E-state index contributed by atoms with van der Waals surface area (Å²) in [4.78, 5) is 7.99. The summed E-state index contributed by atoms with van der Waals surface area (Å²) in [6.45, 7) is 2.77. The Morgan fingerprint density at radius 1 is 0.958 bits per heavy atom. The molecule has 0 atom stereocenters. The van der Waals surface area contributed by atoms with Crippen molar-refractivity contribution in [2.75, 3.05) is 6.61 Å². The van der Waals surface area contributed by atoms with E-state index in [1.54, 1.807) is 0 Å². The summed E-state index contributed by atoms with van der Waals surface area (Å²) < 4.78 is 32.7. The summed E-state index contributed by atoms with van der Waals surface area (Å²) in [5.74, 6) is -2.68. The number of ether oxygens (including phenoxy) is 1. The quantitative estimate of drug-likeness (QED) is 0.664. The molecule has 0 radical (unpaired) electrons. The van der Waals surface area contributed by atoms with Crippen molar-refractivity contribution in [2.24, 2.45) is 0 Å². The van der Waals surface area contributed by atoms with Crippen LogP contribution in [-0.4, -0.2) is 21.7 Å². The van der Waals surface area contributed by atoms with Gasteiger partial charge in [-0.15, -0.1) is 0 Å². The Kier molecular flexibility index (Phi) is 6.90. The number of halogens is 2. The summed E-state index contributed by atoms with van der Waals surface area (Å²) in [5.41, 5.74) is -0.104. The predicted octanol–water partition coefficient (Wildman–Crippen LogP) is 4.87. The normalized spacial score (nSPS) is 10.8. The molecular formula is C18H22F2N2O2. The maximum atomic E-state index is 13.8. The minimum Gasteiger partial charge on any atom is -0.505 e. The molecule has 0 bridgehead atoms. The molecule has 1 N–H and O–H groups in total. The monoisotopic (exact) mass is 336 g/mol. The first-order chi connectivity index (χ1) is 11.6. The van der Waals surface area contributed by atoms with E-state index in [1.807, 2.05) is 0 Å². The summed E-state index contributed by atoms with van der Waals surface area (Å²) >= 11 is 0. The molecule has 0 unspecified atom stereocenters. The third kappa shape index (κ3) is 4.88. The van der Waals surface area contributed by atoms with E-state index in [1.165, 1.54) is 44.1 Å². The average Bonchev–Trinajstić information content (AvgIpc) is 2.60. The van der Waals surface area contributed by atoms with Crippen LogP contribution in [0.1, 0.15) is 45.4 Å². The molecule has 130 valence electrons. The van der Waals surface area contributed by atoms with Crippen molar-refractivity contribution >= 4 is 0 Å². The first kappa shape index (κ1) is 18.1.